The minimum absolute atomic E-state index is 0.554. The standard InChI is InChI=1S/C17H21N7/c1-4-14-15(5-2)22-23-17(21-14)20-11-13-6-7-16(19-10-13)24-9-8-18-12(24)3/h6-10H,4-5,11H2,1-3H3,(H,20,21,23). The monoisotopic (exact) mass is 323 g/mol. The van der Waals surface area contributed by atoms with Crippen molar-refractivity contribution in [2.24, 2.45) is 0 Å². The third-order valence-corrected chi connectivity index (χ3v) is 3.84. The number of aromatic nitrogens is 6. The second-order valence-corrected chi connectivity index (χ2v) is 5.46. The van der Waals surface area contributed by atoms with Crippen LogP contribution in [0.3, 0.4) is 0 Å². The van der Waals surface area contributed by atoms with Gasteiger partial charge in [0.25, 0.3) is 0 Å². The first-order valence-electron chi connectivity index (χ1n) is 8.12. The Balaban J connectivity index is 1.68. The van der Waals surface area contributed by atoms with Gasteiger partial charge in [0, 0.05) is 25.1 Å². The first kappa shape index (κ1) is 16.0. The van der Waals surface area contributed by atoms with Crippen molar-refractivity contribution in [1.82, 2.24) is 29.7 Å². The molecule has 0 amide bonds. The fourth-order valence-electron chi connectivity index (χ4n) is 2.48. The molecule has 3 aromatic heterocycles. The topological polar surface area (TPSA) is 81.4 Å². The number of anilines is 1. The molecule has 0 aromatic carbocycles. The van der Waals surface area contributed by atoms with Crippen LogP contribution in [-0.2, 0) is 19.4 Å². The molecule has 124 valence electrons. The summed E-state index contributed by atoms with van der Waals surface area (Å²) in [4.78, 5) is 13.2. The molecule has 7 nitrogen and oxygen atoms in total. The highest BCUT2D eigenvalue weighted by atomic mass is 15.2. The average Bonchev–Trinajstić information content (AvgIpc) is 3.06. The molecule has 0 aliphatic heterocycles. The molecule has 0 unspecified atom stereocenters. The molecular formula is C17H21N7. The number of hydrogen-bond acceptors (Lipinski definition) is 6. The zero-order valence-electron chi connectivity index (χ0n) is 14.2. The average molecular weight is 323 g/mol. The number of imidazole rings is 1. The van der Waals surface area contributed by atoms with Crippen molar-refractivity contribution in [3.05, 3.63) is 53.5 Å². The fourth-order valence-corrected chi connectivity index (χ4v) is 2.48. The quantitative estimate of drug-likeness (QED) is 0.750. The molecule has 24 heavy (non-hydrogen) atoms. The summed E-state index contributed by atoms with van der Waals surface area (Å²) in [6, 6.07) is 4.01. The van der Waals surface area contributed by atoms with E-state index in [-0.39, 0.29) is 0 Å². The van der Waals surface area contributed by atoms with Crippen LogP contribution in [0.25, 0.3) is 5.82 Å². The van der Waals surface area contributed by atoms with Gasteiger partial charge in [-0.1, -0.05) is 19.9 Å². The summed E-state index contributed by atoms with van der Waals surface area (Å²) in [5.74, 6) is 2.32. The molecule has 0 bridgehead atoms. The predicted octanol–water partition coefficient (Wildman–Crippen LogP) is 2.50. The van der Waals surface area contributed by atoms with Crippen LogP contribution in [0.1, 0.15) is 36.6 Å². The van der Waals surface area contributed by atoms with Gasteiger partial charge in [-0.05, 0) is 31.4 Å². The van der Waals surface area contributed by atoms with E-state index in [4.69, 9.17) is 0 Å². The molecule has 0 saturated heterocycles. The Kier molecular flexibility index (Phi) is 4.79. The molecule has 0 radical (unpaired) electrons. The maximum Gasteiger partial charge on any atom is 0.243 e. The van der Waals surface area contributed by atoms with Crippen molar-refractivity contribution in [2.45, 2.75) is 40.2 Å². The highest BCUT2D eigenvalue weighted by molar-refractivity contribution is 5.31. The van der Waals surface area contributed by atoms with Crippen LogP contribution in [0.5, 0.6) is 0 Å². The van der Waals surface area contributed by atoms with Crippen LogP contribution in [-0.4, -0.2) is 29.7 Å². The summed E-state index contributed by atoms with van der Waals surface area (Å²) < 4.78 is 1.95. The van der Waals surface area contributed by atoms with E-state index < -0.39 is 0 Å². The Labute approximate surface area is 141 Å². The van der Waals surface area contributed by atoms with E-state index in [1.165, 1.54) is 0 Å². The lowest BCUT2D eigenvalue weighted by molar-refractivity contribution is 0.819. The lowest BCUT2D eigenvalue weighted by Gasteiger charge is -2.08. The van der Waals surface area contributed by atoms with Gasteiger partial charge in [-0.3, -0.25) is 4.57 Å². The number of nitrogens with zero attached hydrogens (tertiary/aromatic N) is 6. The summed E-state index contributed by atoms with van der Waals surface area (Å²) in [6.45, 7) is 6.69. The van der Waals surface area contributed by atoms with Crippen molar-refractivity contribution in [2.75, 3.05) is 5.32 Å². The third-order valence-electron chi connectivity index (χ3n) is 3.84. The summed E-state index contributed by atoms with van der Waals surface area (Å²) in [5, 5.41) is 11.6. The van der Waals surface area contributed by atoms with Crippen LogP contribution in [0.15, 0.2) is 30.7 Å². The molecule has 0 fully saturated rings. The van der Waals surface area contributed by atoms with E-state index in [0.717, 1.165) is 41.4 Å². The van der Waals surface area contributed by atoms with Gasteiger partial charge in [0.1, 0.15) is 11.6 Å². The highest BCUT2D eigenvalue weighted by Crippen LogP contribution is 2.10. The van der Waals surface area contributed by atoms with E-state index in [1.54, 1.807) is 6.20 Å². The molecule has 0 spiro atoms. The van der Waals surface area contributed by atoms with Gasteiger partial charge in [0.05, 0.1) is 11.4 Å². The number of nitrogens with one attached hydrogen (secondary N) is 1. The van der Waals surface area contributed by atoms with E-state index >= 15 is 0 Å². The third kappa shape index (κ3) is 3.40. The molecule has 7 heteroatoms. The van der Waals surface area contributed by atoms with Crippen molar-refractivity contribution in [1.29, 1.82) is 0 Å². The Morgan fingerprint density at radius 3 is 2.50 bits per heavy atom. The van der Waals surface area contributed by atoms with Crippen LogP contribution in [0.4, 0.5) is 5.95 Å². The summed E-state index contributed by atoms with van der Waals surface area (Å²) in [6.07, 6.45) is 7.21. The fraction of sp³-hybridized carbons (Fsp3) is 0.353. The van der Waals surface area contributed by atoms with Crippen molar-refractivity contribution in [3.8, 4) is 5.82 Å². The second-order valence-electron chi connectivity index (χ2n) is 5.46. The molecule has 0 aliphatic rings. The first-order valence-corrected chi connectivity index (χ1v) is 8.12. The zero-order valence-corrected chi connectivity index (χ0v) is 14.2. The van der Waals surface area contributed by atoms with Crippen molar-refractivity contribution >= 4 is 5.95 Å². The van der Waals surface area contributed by atoms with Crippen molar-refractivity contribution in [3.63, 3.8) is 0 Å². The highest BCUT2D eigenvalue weighted by Gasteiger charge is 2.06. The van der Waals surface area contributed by atoms with Gasteiger partial charge >= 0.3 is 0 Å². The van der Waals surface area contributed by atoms with Crippen LogP contribution >= 0.6 is 0 Å². The molecular weight excluding hydrogens is 302 g/mol. The van der Waals surface area contributed by atoms with Gasteiger partial charge in [-0.25, -0.2) is 15.0 Å². The largest absolute Gasteiger partial charge is 0.349 e. The Morgan fingerprint density at radius 1 is 1.04 bits per heavy atom. The van der Waals surface area contributed by atoms with Gasteiger partial charge in [-0.15, -0.1) is 5.10 Å². The SMILES string of the molecule is CCc1nnc(NCc2ccc(-n3ccnc3C)nc2)nc1CC. The smallest absolute Gasteiger partial charge is 0.243 e. The molecule has 3 aromatic rings. The number of aryl methyl sites for hydroxylation is 3. The van der Waals surface area contributed by atoms with E-state index in [0.29, 0.717) is 12.5 Å². The van der Waals surface area contributed by atoms with Crippen LogP contribution in [0, 0.1) is 6.92 Å². The molecule has 3 rings (SSSR count). The Morgan fingerprint density at radius 2 is 1.88 bits per heavy atom. The maximum atomic E-state index is 4.53. The zero-order chi connectivity index (χ0) is 16.9. The van der Waals surface area contributed by atoms with Crippen LogP contribution < -0.4 is 5.32 Å². The molecule has 3 heterocycles. The van der Waals surface area contributed by atoms with Gasteiger partial charge in [-0.2, -0.15) is 5.10 Å². The van der Waals surface area contributed by atoms with E-state index in [2.05, 4.69) is 44.3 Å². The number of pyridine rings is 1. The molecule has 0 aliphatic carbocycles. The normalized spacial score (nSPS) is 10.8. The van der Waals surface area contributed by atoms with Crippen LogP contribution in [0.2, 0.25) is 0 Å². The van der Waals surface area contributed by atoms with E-state index in [9.17, 15) is 0 Å². The minimum atomic E-state index is 0.554. The van der Waals surface area contributed by atoms with Crippen molar-refractivity contribution < 1.29 is 0 Å². The summed E-state index contributed by atoms with van der Waals surface area (Å²) in [7, 11) is 0. The first-order chi connectivity index (χ1) is 11.7. The van der Waals surface area contributed by atoms with Gasteiger partial charge in [0.2, 0.25) is 5.95 Å². The van der Waals surface area contributed by atoms with E-state index in [1.807, 2.05) is 36.0 Å². The second kappa shape index (κ2) is 7.16. The number of rotatable bonds is 6. The maximum absolute atomic E-state index is 4.53. The molecule has 1 N–H and O–H groups in total. The predicted molar refractivity (Wildman–Crippen MR) is 92.0 cm³/mol. The Hall–Kier alpha value is -2.83. The molecule has 0 saturated carbocycles. The summed E-state index contributed by atoms with van der Waals surface area (Å²) in [5.41, 5.74) is 3.02. The lowest BCUT2D eigenvalue weighted by atomic mass is 10.2. The minimum Gasteiger partial charge on any atom is -0.349 e. The van der Waals surface area contributed by atoms with Gasteiger partial charge < -0.3 is 5.32 Å². The molecule has 0 atom stereocenters. The number of hydrogen-bond donors (Lipinski definition) is 1. The lowest BCUT2D eigenvalue weighted by Crippen LogP contribution is -2.09. The van der Waals surface area contributed by atoms with Gasteiger partial charge in [0.15, 0.2) is 0 Å². The Bertz CT molecular complexity index is 808. The summed E-state index contributed by atoms with van der Waals surface area (Å²) >= 11 is 0.